The van der Waals surface area contributed by atoms with Crippen LogP contribution in [0.15, 0.2) is 39.2 Å². The molecule has 0 bridgehead atoms. The number of hydrogen-bond acceptors (Lipinski definition) is 5. The number of aromatic carboxylic acids is 1. The smallest absolute Gasteiger partial charge is 0.371 e. The van der Waals surface area contributed by atoms with E-state index in [2.05, 4.69) is 4.98 Å². The van der Waals surface area contributed by atoms with E-state index < -0.39 is 5.97 Å². The molecule has 0 aliphatic carbocycles. The Bertz CT molecular complexity index is 985. The summed E-state index contributed by atoms with van der Waals surface area (Å²) in [6, 6.07) is 7.99. The molecule has 1 aliphatic heterocycles. The molecule has 1 N–H and O–H groups in total. The molecule has 0 saturated carbocycles. The Hall–Kier alpha value is -2.80. The van der Waals surface area contributed by atoms with Crippen LogP contribution in [0.4, 0.5) is 0 Å². The van der Waals surface area contributed by atoms with Crippen molar-refractivity contribution in [3.63, 3.8) is 0 Å². The van der Waals surface area contributed by atoms with Crippen LogP contribution in [0.3, 0.4) is 0 Å². The minimum Gasteiger partial charge on any atom is -0.475 e. The van der Waals surface area contributed by atoms with E-state index in [1.165, 1.54) is 12.1 Å². The van der Waals surface area contributed by atoms with Crippen molar-refractivity contribution >= 4 is 34.6 Å². The molecule has 7 nitrogen and oxygen atoms in total. The lowest BCUT2D eigenvalue weighted by atomic mass is 9.96. The molecular weight excluding hydrogens is 360 g/mol. The second-order valence-electron chi connectivity index (χ2n) is 6.20. The van der Waals surface area contributed by atoms with E-state index in [1.807, 2.05) is 0 Å². The van der Waals surface area contributed by atoms with Crippen molar-refractivity contribution in [1.29, 1.82) is 0 Å². The Morgan fingerprint density at radius 3 is 2.54 bits per heavy atom. The molecule has 134 valence electrons. The number of amides is 1. The third kappa shape index (κ3) is 3.06. The number of halogens is 1. The number of benzene rings is 1. The molecule has 1 fully saturated rings. The average Bonchev–Trinajstić information content (AvgIpc) is 3.28. The predicted octanol–water partition coefficient (Wildman–Crippen LogP) is 3.79. The largest absolute Gasteiger partial charge is 0.475 e. The van der Waals surface area contributed by atoms with E-state index in [4.69, 9.17) is 25.5 Å². The number of carbonyl (C=O) groups is 2. The molecule has 1 amide bonds. The van der Waals surface area contributed by atoms with E-state index >= 15 is 0 Å². The van der Waals surface area contributed by atoms with Crippen LogP contribution in [0.25, 0.3) is 11.1 Å². The number of carboxylic acid groups (broad SMARTS) is 1. The summed E-state index contributed by atoms with van der Waals surface area (Å²) in [6.45, 7) is 1.04. The van der Waals surface area contributed by atoms with E-state index in [0.717, 1.165) is 5.52 Å². The van der Waals surface area contributed by atoms with Crippen molar-refractivity contribution in [2.24, 2.45) is 0 Å². The second kappa shape index (κ2) is 6.49. The maximum atomic E-state index is 12.4. The zero-order valence-electron chi connectivity index (χ0n) is 13.6. The van der Waals surface area contributed by atoms with Crippen molar-refractivity contribution in [3.05, 3.63) is 52.8 Å². The molecule has 2 aromatic heterocycles. The van der Waals surface area contributed by atoms with E-state index in [1.54, 1.807) is 23.1 Å². The Balaban J connectivity index is 1.44. The van der Waals surface area contributed by atoms with Crippen LogP contribution in [-0.2, 0) is 0 Å². The summed E-state index contributed by atoms with van der Waals surface area (Å²) in [7, 11) is 0. The number of hydrogen-bond donors (Lipinski definition) is 1. The highest BCUT2D eigenvalue weighted by Crippen LogP contribution is 2.31. The highest BCUT2D eigenvalue weighted by atomic mass is 35.5. The first kappa shape index (κ1) is 16.7. The summed E-state index contributed by atoms with van der Waals surface area (Å²) in [5, 5.41) is 9.49. The number of oxazole rings is 1. The summed E-state index contributed by atoms with van der Waals surface area (Å²) in [5.41, 5.74) is 1.42. The van der Waals surface area contributed by atoms with Gasteiger partial charge in [0, 0.05) is 24.0 Å². The number of carboxylic acids is 1. The molecule has 0 atom stereocenters. The summed E-state index contributed by atoms with van der Waals surface area (Å²) in [4.78, 5) is 29.5. The Morgan fingerprint density at radius 2 is 1.85 bits per heavy atom. The number of carbonyl (C=O) groups excluding carboxylic acids is 1. The number of nitrogens with zero attached hydrogens (tertiary/aromatic N) is 2. The number of piperidine rings is 1. The van der Waals surface area contributed by atoms with Gasteiger partial charge in [-0.05, 0) is 43.2 Å². The van der Waals surface area contributed by atoms with Gasteiger partial charge in [-0.3, -0.25) is 4.79 Å². The van der Waals surface area contributed by atoms with Gasteiger partial charge in [0.2, 0.25) is 5.76 Å². The third-order valence-corrected chi connectivity index (χ3v) is 4.76. The van der Waals surface area contributed by atoms with Gasteiger partial charge in [0.25, 0.3) is 5.91 Å². The Labute approximate surface area is 153 Å². The molecule has 26 heavy (non-hydrogen) atoms. The van der Waals surface area contributed by atoms with Gasteiger partial charge in [-0.2, -0.15) is 0 Å². The zero-order valence-corrected chi connectivity index (χ0v) is 14.4. The van der Waals surface area contributed by atoms with Gasteiger partial charge in [0.05, 0.1) is 0 Å². The number of likely N-dealkylation sites (tertiary alicyclic amines) is 1. The van der Waals surface area contributed by atoms with Crippen LogP contribution < -0.4 is 0 Å². The number of fused-ring (bicyclic) bond motifs is 1. The average molecular weight is 375 g/mol. The molecule has 1 saturated heterocycles. The zero-order chi connectivity index (χ0) is 18.3. The Kier molecular flexibility index (Phi) is 4.16. The topological polar surface area (TPSA) is 96.8 Å². The molecule has 4 rings (SSSR count). The fraction of sp³-hybridized carbons (Fsp3) is 0.278. The SMILES string of the molecule is O=C(O)c1ccc(C(=O)N2CCC(c3nc4cc(Cl)ccc4o3)CC2)o1. The van der Waals surface area contributed by atoms with Crippen molar-refractivity contribution in [2.75, 3.05) is 13.1 Å². The summed E-state index contributed by atoms with van der Waals surface area (Å²) in [6.07, 6.45) is 1.41. The van der Waals surface area contributed by atoms with E-state index in [-0.39, 0.29) is 23.3 Å². The van der Waals surface area contributed by atoms with Crippen molar-refractivity contribution in [3.8, 4) is 0 Å². The minimum atomic E-state index is -1.20. The van der Waals surface area contributed by atoms with Crippen molar-refractivity contribution in [1.82, 2.24) is 9.88 Å². The van der Waals surface area contributed by atoms with Gasteiger partial charge in [-0.25, -0.2) is 9.78 Å². The van der Waals surface area contributed by atoms with Gasteiger partial charge in [0.15, 0.2) is 17.2 Å². The lowest BCUT2D eigenvalue weighted by molar-refractivity contribution is 0.0636. The van der Waals surface area contributed by atoms with Crippen molar-refractivity contribution < 1.29 is 23.5 Å². The standard InChI is InChI=1S/C18H15ClN2O5/c19-11-1-2-13-12(9-11)20-16(26-13)10-5-7-21(8-6-10)17(22)14-3-4-15(25-14)18(23)24/h1-4,9-10H,5-8H2,(H,23,24). The highest BCUT2D eigenvalue weighted by Gasteiger charge is 2.29. The van der Waals surface area contributed by atoms with Crippen LogP contribution in [-0.4, -0.2) is 40.0 Å². The van der Waals surface area contributed by atoms with E-state index in [0.29, 0.717) is 42.4 Å². The molecule has 0 unspecified atom stereocenters. The molecule has 8 heteroatoms. The molecule has 0 spiro atoms. The van der Waals surface area contributed by atoms with Crippen LogP contribution in [0.1, 0.15) is 45.8 Å². The van der Waals surface area contributed by atoms with Gasteiger partial charge in [-0.15, -0.1) is 0 Å². The van der Waals surface area contributed by atoms with Gasteiger partial charge in [-0.1, -0.05) is 11.6 Å². The van der Waals surface area contributed by atoms with Crippen LogP contribution in [0, 0.1) is 0 Å². The van der Waals surface area contributed by atoms with Crippen LogP contribution in [0.5, 0.6) is 0 Å². The number of furan rings is 1. The van der Waals surface area contributed by atoms with Gasteiger partial charge in [0.1, 0.15) is 5.52 Å². The number of rotatable bonds is 3. The number of aromatic nitrogens is 1. The predicted molar refractivity (Wildman–Crippen MR) is 92.6 cm³/mol. The molecular formula is C18H15ClN2O5. The monoisotopic (exact) mass is 374 g/mol. The Morgan fingerprint density at radius 1 is 1.12 bits per heavy atom. The highest BCUT2D eigenvalue weighted by molar-refractivity contribution is 6.31. The summed E-state index contributed by atoms with van der Waals surface area (Å²) < 4.78 is 10.9. The molecule has 0 radical (unpaired) electrons. The first-order chi connectivity index (χ1) is 12.5. The normalized spacial score (nSPS) is 15.5. The summed E-state index contributed by atoms with van der Waals surface area (Å²) >= 11 is 5.98. The maximum absolute atomic E-state index is 12.4. The van der Waals surface area contributed by atoms with Crippen LogP contribution in [0.2, 0.25) is 5.02 Å². The lowest BCUT2D eigenvalue weighted by Crippen LogP contribution is -2.37. The van der Waals surface area contributed by atoms with Gasteiger partial charge >= 0.3 is 5.97 Å². The minimum absolute atomic E-state index is 0.0392. The second-order valence-corrected chi connectivity index (χ2v) is 6.64. The van der Waals surface area contributed by atoms with Crippen molar-refractivity contribution in [2.45, 2.75) is 18.8 Å². The van der Waals surface area contributed by atoms with E-state index in [9.17, 15) is 9.59 Å². The first-order valence-electron chi connectivity index (χ1n) is 8.19. The summed E-state index contributed by atoms with van der Waals surface area (Å²) in [5.74, 6) is -0.929. The molecule has 3 aromatic rings. The fourth-order valence-electron chi connectivity index (χ4n) is 3.15. The molecule has 1 aromatic carbocycles. The first-order valence-corrected chi connectivity index (χ1v) is 8.57. The van der Waals surface area contributed by atoms with Gasteiger partial charge < -0.3 is 18.8 Å². The molecule has 1 aliphatic rings. The third-order valence-electron chi connectivity index (χ3n) is 4.53. The fourth-order valence-corrected chi connectivity index (χ4v) is 3.31. The quantitative estimate of drug-likeness (QED) is 0.749. The maximum Gasteiger partial charge on any atom is 0.371 e. The lowest BCUT2D eigenvalue weighted by Gasteiger charge is -2.29. The molecule has 3 heterocycles. The van der Waals surface area contributed by atoms with Crippen LogP contribution >= 0.6 is 11.6 Å².